The van der Waals surface area contributed by atoms with Crippen molar-refractivity contribution in [3.05, 3.63) is 51.0 Å². The molecule has 1 aromatic carbocycles. The van der Waals surface area contributed by atoms with Crippen LogP contribution in [-0.2, 0) is 11.3 Å². The highest BCUT2D eigenvalue weighted by Gasteiger charge is 2.20. The number of rotatable bonds is 5. The molecular weight excluding hydrogens is 349 g/mol. The van der Waals surface area contributed by atoms with E-state index in [0.29, 0.717) is 28.3 Å². The fraction of sp³-hybridized carbons (Fsp3) is 0.308. The maximum atomic E-state index is 13.1. The first-order chi connectivity index (χ1) is 9.54. The average Bonchev–Trinajstić information content (AvgIpc) is 2.77. The van der Waals surface area contributed by atoms with Crippen LogP contribution in [0.5, 0.6) is 0 Å². The first-order valence-corrected chi connectivity index (χ1v) is 7.12. The molecule has 1 heterocycles. The fourth-order valence-corrected chi connectivity index (χ4v) is 2.79. The van der Waals surface area contributed by atoms with Crippen LogP contribution in [0.25, 0.3) is 0 Å². The molecule has 7 heteroatoms. The molecule has 0 fully saturated rings. The van der Waals surface area contributed by atoms with Crippen molar-refractivity contribution in [3.8, 4) is 0 Å². The van der Waals surface area contributed by atoms with E-state index in [-0.39, 0.29) is 5.82 Å². The lowest BCUT2D eigenvalue weighted by atomic mass is 10.0. The van der Waals surface area contributed by atoms with E-state index in [0.717, 1.165) is 5.56 Å². The number of aromatic nitrogens is 2. The van der Waals surface area contributed by atoms with Crippen molar-refractivity contribution in [2.75, 3.05) is 13.7 Å². The summed E-state index contributed by atoms with van der Waals surface area (Å²) >= 11 is 9.48. The van der Waals surface area contributed by atoms with Gasteiger partial charge < -0.3 is 10.5 Å². The number of ether oxygens (including phenoxy) is 1. The Morgan fingerprint density at radius 1 is 1.55 bits per heavy atom. The zero-order valence-corrected chi connectivity index (χ0v) is 13.2. The summed E-state index contributed by atoms with van der Waals surface area (Å²) in [6, 6.07) is 3.87. The Kier molecular flexibility index (Phi) is 5.15. The molecule has 0 aliphatic heterocycles. The van der Waals surface area contributed by atoms with Crippen molar-refractivity contribution in [2.24, 2.45) is 5.73 Å². The molecule has 0 aliphatic carbocycles. The number of hydrogen-bond donors (Lipinski definition) is 1. The largest absolute Gasteiger partial charge is 0.383 e. The number of hydrogen-bond acceptors (Lipinski definition) is 3. The van der Waals surface area contributed by atoms with Crippen molar-refractivity contribution in [2.45, 2.75) is 12.6 Å². The molecule has 2 aromatic rings. The minimum Gasteiger partial charge on any atom is -0.383 e. The molecule has 0 saturated heterocycles. The van der Waals surface area contributed by atoms with E-state index in [1.165, 1.54) is 12.1 Å². The fourth-order valence-electron chi connectivity index (χ4n) is 1.94. The molecule has 0 aliphatic rings. The van der Waals surface area contributed by atoms with Gasteiger partial charge in [0, 0.05) is 11.6 Å². The second-order valence-corrected chi connectivity index (χ2v) is 5.50. The van der Waals surface area contributed by atoms with Crippen LogP contribution in [0.15, 0.2) is 28.9 Å². The molecule has 0 amide bonds. The molecule has 1 aromatic heterocycles. The van der Waals surface area contributed by atoms with Crippen LogP contribution >= 0.6 is 27.5 Å². The van der Waals surface area contributed by atoms with Crippen molar-refractivity contribution in [1.82, 2.24) is 9.78 Å². The molecule has 0 saturated carbocycles. The van der Waals surface area contributed by atoms with E-state index in [1.54, 1.807) is 24.1 Å². The normalized spacial score (nSPS) is 12.7. The average molecular weight is 363 g/mol. The number of nitrogens with zero attached hydrogens (tertiary/aromatic N) is 2. The lowest BCUT2D eigenvalue weighted by molar-refractivity contribution is 0.182. The first kappa shape index (κ1) is 15.4. The molecule has 2 rings (SSSR count). The van der Waals surface area contributed by atoms with Crippen LogP contribution in [0.4, 0.5) is 4.39 Å². The lowest BCUT2D eigenvalue weighted by Crippen LogP contribution is -2.20. The van der Waals surface area contributed by atoms with E-state index >= 15 is 0 Å². The molecular formula is C13H14BrClFN3O. The van der Waals surface area contributed by atoms with Gasteiger partial charge in [-0.3, -0.25) is 4.68 Å². The third-order valence-corrected chi connectivity index (χ3v) is 3.91. The number of nitrogens with two attached hydrogens (primary N) is 1. The summed E-state index contributed by atoms with van der Waals surface area (Å²) in [6.07, 6.45) is 1.55. The van der Waals surface area contributed by atoms with Gasteiger partial charge in [-0.25, -0.2) is 4.39 Å². The van der Waals surface area contributed by atoms with E-state index in [1.807, 2.05) is 0 Å². The molecule has 108 valence electrons. The minimum atomic E-state index is -0.503. The summed E-state index contributed by atoms with van der Waals surface area (Å²) in [5, 5.41) is 4.66. The predicted molar refractivity (Wildman–Crippen MR) is 79.2 cm³/mol. The molecule has 0 bridgehead atoms. The van der Waals surface area contributed by atoms with Crippen LogP contribution in [-0.4, -0.2) is 23.5 Å². The predicted octanol–water partition coefficient (Wildman–Crippen LogP) is 3.13. The molecule has 0 spiro atoms. The van der Waals surface area contributed by atoms with Crippen LogP contribution in [0.3, 0.4) is 0 Å². The van der Waals surface area contributed by atoms with Gasteiger partial charge >= 0.3 is 0 Å². The van der Waals surface area contributed by atoms with E-state index in [4.69, 9.17) is 22.1 Å². The van der Waals surface area contributed by atoms with Gasteiger partial charge in [0.15, 0.2) is 0 Å². The van der Waals surface area contributed by atoms with Gasteiger partial charge in [0.05, 0.1) is 36.1 Å². The summed E-state index contributed by atoms with van der Waals surface area (Å²) < 4.78 is 20.5. The SMILES string of the molecule is COCCn1ncc(Cl)c1C(N)c1ccc(F)cc1Br. The van der Waals surface area contributed by atoms with E-state index < -0.39 is 6.04 Å². The molecule has 4 nitrogen and oxygen atoms in total. The highest BCUT2D eigenvalue weighted by molar-refractivity contribution is 9.10. The Labute approximate surface area is 129 Å². The monoisotopic (exact) mass is 361 g/mol. The first-order valence-electron chi connectivity index (χ1n) is 5.95. The van der Waals surface area contributed by atoms with Crippen molar-refractivity contribution in [1.29, 1.82) is 0 Å². The highest BCUT2D eigenvalue weighted by atomic mass is 79.9. The summed E-state index contributed by atoms with van der Waals surface area (Å²) in [6.45, 7) is 1.05. The molecule has 1 unspecified atom stereocenters. The van der Waals surface area contributed by atoms with Gasteiger partial charge in [0.1, 0.15) is 5.82 Å². The third-order valence-electron chi connectivity index (χ3n) is 2.93. The molecule has 2 N–H and O–H groups in total. The van der Waals surface area contributed by atoms with Gasteiger partial charge in [-0.1, -0.05) is 33.6 Å². The smallest absolute Gasteiger partial charge is 0.124 e. The van der Waals surface area contributed by atoms with E-state index in [9.17, 15) is 4.39 Å². The van der Waals surface area contributed by atoms with Gasteiger partial charge in [-0.15, -0.1) is 0 Å². The highest BCUT2D eigenvalue weighted by Crippen LogP contribution is 2.31. The maximum Gasteiger partial charge on any atom is 0.124 e. The number of halogens is 3. The zero-order valence-electron chi connectivity index (χ0n) is 10.8. The quantitative estimate of drug-likeness (QED) is 0.889. The second-order valence-electron chi connectivity index (χ2n) is 4.24. The Balaban J connectivity index is 2.37. The lowest BCUT2D eigenvalue weighted by Gasteiger charge is -2.16. The summed E-state index contributed by atoms with van der Waals surface area (Å²) in [4.78, 5) is 0. The Bertz CT molecular complexity index is 605. The van der Waals surface area contributed by atoms with Crippen LogP contribution < -0.4 is 5.73 Å². The summed E-state index contributed by atoms with van der Waals surface area (Å²) in [5.74, 6) is -0.327. The minimum absolute atomic E-state index is 0.327. The second kappa shape index (κ2) is 6.67. The third kappa shape index (κ3) is 3.20. The van der Waals surface area contributed by atoms with Crippen LogP contribution in [0.2, 0.25) is 5.02 Å². The zero-order chi connectivity index (χ0) is 14.7. The molecule has 20 heavy (non-hydrogen) atoms. The van der Waals surface area contributed by atoms with Gasteiger partial charge in [0.25, 0.3) is 0 Å². The van der Waals surface area contributed by atoms with E-state index in [2.05, 4.69) is 21.0 Å². The molecule has 0 radical (unpaired) electrons. The Morgan fingerprint density at radius 3 is 2.95 bits per heavy atom. The van der Waals surface area contributed by atoms with Gasteiger partial charge in [-0.05, 0) is 17.7 Å². The van der Waals surface area contributed by atoms with Gasteiger partial charge in [0.2, 0.25) is 0 Å². The topological polar surface area (TPSA) is 53.1 Å². The summed E-state index contributed by atoms with van der Waals surface area (Å²) in [5.41, 5.74) is 7.67. The standard InChI is InChI=1S/C13H14BrClFN3O/c1-20-5-4-19-13(11(15)7-18-19)12(17)9-3-2-8(16)6-10(9)14/h2-3,6-7,12H,4-5,17H2,1H3. The van der Waals surface area contributed by atoms with Gasteiger partial charge in [-0.2, -0.15) is 5.10 Å². The Morgan fingerprint density at radius 2 is 2.30 bits per heavy atom. The van der Waals surface area contributed by atoms with Crippen molar-refractivity contribution < 1.29 is 9.13 Å². The maximum absolute atomic E-state index is 13.1. The Hall–Kier alpha value is -0.950. The van der Waals surface area contributed by atoms with Crippen LogP contribution in [0, 0.1) is 5.82 Å². The summed E-state index contributed by atoms with van der Waals surface area (Å²) in [7, 11) is 1.61. The van der Waals surface area contributed by atoms with Crippen LogP contribution in [0.1, 0.15) is 17.3 Å². The van der Waals surface area contributed by atoms with Crippen molar-refractivity contribution in [3.63, 3.8) is 0 Å². The number of methoxy groups -OCH3 is 1. The van der Waals surface area contributed by atoms with Crippen molar-refractivity contribution >= 4 is 27.5 Å². The number of benzene rings is 1. The molecule has 1 atom stereocenters.